The number of hydrogen-bond acceptors (Lipinski definition) is 2. The molecular weight excluding hydrogens is 254 g/mol. The van der Waals surface area contributed by atoms with Gasteiger partial charge in [0.2, 0.25) is 0 Å². The van der Waals surface area contributed by atoms with Gasteiger partial charge in [0.1, 0.15) is 0 Å². The molecule has 2 atom stereocenters. The van der Waals surface area contributed by atoms with Crippen molar-refractivity contribution >= 4 is 15.9 Å². The lowest BCUT2D eigenvalue weighted by Gasteiger charge is -2.20. The predicted molar refractivity (Wildman–Crippen MR) is 64.5 cm³/mol. The number of rotatable bonds is 3. The molecule has 3 heteroatoms. The Morgan fingerprint density at radius 2 is 2.13 bits per heavy atom. The van der Waals surface area contributed by atoms with Crippen LogP contribution in [0.2, 0.25) is 0 Å². The van der Waals surface area contributed by atoms with Crippen molar-refractivity contribution in [1.29, 1.82) is 0 Å². The lowest BCUT2D eigenvalue weighted by atomic mass is 9.98. The lowest BCUT2D eigenvalue weighted by molar-refractivity contribution is 0.122. The molecule has 1 aromatic rings. The molecule has 15 heavy (non-hydrogen) atoms. The van der Waals surface area contributed by atoms with Crippen LogP contribution in [0.5, 0.6) is 0 Å². The summed E-state index contributed by atoms with van der Waals surface area (Å²) in [4.78, 5) is 0. The van der Waals surface area contributed by atoms with E-state index < -0.39 is 6.10 Å². The van der Waals surface area contributed by atoms with E-state index in [0.717, 1.165) is 22.9 Å². The van der Waals surface area contributed by atoms with Gasteiger partial charge in [-0.25, -0.2) is 0 Å². The number of halogens is 1. The van der Waals surface area contributed by atoms with Crippen LogP contribution in [0, 0.1) is 12.8 Å². The average molecular weight is 270 g/mol. The molecule has 82 valence electrons. The monoisotopic (exact) mass is 269 g/mol. The maximum atomic E-state index is 9.96. The van der Waals surface area contributed by atoms with E-state index in [1.807, 2.05) is 25.1 Å². The van der Waals surface area contributed by atoms with E-state index in [2.05, 4.69) is 15.9 Å². The Balaban J connectivity index is 2.20. The number of aryl methyl sites for hydroxylation is 1. The first kappa shape index (κ1) is 11.1. The normalized spacial score (nSPS) is 20.0. The van der Waals surface area contributed by atoms with Gasteiger partial charge < -0.3 is 10.8 Å². The van der Waals surface area contributed by atoms with Crippen molar-refractivity contribution in [2.75, 3.05) is 0 Å². The Kier molecular flexibility index (Phi) is 3.14. The maximum absolute atomic E-state index is 9.96. The van der Waals surface area contributed by atoms with Gasteiger partial charge in [0.15, 0.2) is 0 Å². The maximum Gasteiger partial charge on any atom is 0.0761 e. The van der Waals surface area contributed by atoms with Gasteiger partial charge in [-0.15, -0.1) is 0 Å². The molecule has 1 aliphatic carbocycles. The number of benzene rings is 1. The Morgan fingerprint density at radius 1 is 1.47 bits per heavy atom. The Hall–Kier alpha value is -0.380. The van der Waals surface area contributed by atoms with E-state index >= 15 is 0 Å². The highest BCUT2D eigenvalue weighted by molar-refractivity contribution is 9.10. The molecule has 0 aliphatic heterocycles. The topological polar surface area (TPSA) is 46.2 Å². The minimum atomic E-state index is -0.399. The van der Waals surface area contributed by atoms with Gasteiger partial charge in [0.05, 0.1) is 12.1 Å². The van der Waals surface area contributed by atoms with E-state index in [1.165, 1.54) is 5.56 Å². The van der Waals surface area contributed by atoms with Crippen molar-refractivity contribution in [3.05, 3.63) is 33.8 Å². The number of aliphatic hydroxyl groups is 1. The molecule has 2 nitrogen and oxygen atoms in total. The Bertz CT molecular complexity index is 363. The summed E-state index contributed by atoms with van der Waals surface area (Å²) in [7, 11) is 0. The average Bonchev–Trinajstić information content (AvgIpc) is 2.99. The largest absolute Gasteiger partial charge is 0.391 e. The molecule has 0 aromatic heterocycles. The SMILES string of the molecule is Cc1ccc([C@H](N)[C@H](O)C2CC2)c(Br)c1. The van der Waals surface area contributed by atoms with Crippen LogP contribution in [0.4, 0.5) is 0 Å². The summed E-state index contributed by atoms with van der Waals surface area (Å²) in [5.41, 5.74) is 8.24. The number of hydrogen-bond donors (Lipinski definition) is 2. The molecular formula is C12H16BrNO. The summed E-state index contributed by atoms with van der Waals surface area (Å²) < 4.78 is 0.995. The predicted octanol–water partition coefficient (Wildman–Crippen LogP) is 2.53. The molecule has 1 fully saturated rings. The summed E-state index contributed by atoms with van der Waals surface area (Å²) in [5.74, 6) is 0.410. The summed E-state index contributed by atoms with van der Waals surface area (Å²) in [6.07, 6.45) is 1.82. The van der Waals surface area contributed by atoms with E-state index in [4.69, 9.17) is 5.73 Å². The molecule has 0 radical (unpaired) electrons. The fraction of sp³-hybridized carbons (Fsp3) is 0.500. The van der Waals surface area contributed by atoms with E-state index in [0.29, 0.717) is 5.92 Å². The number of aliphatic hydroxyl groups excluding tert-OH is 1. The first-order chi connectivity index (χ1) is 7.09. The van der Waals surface area contributed by atoms with Crippen molar-refractivity contribution in [3.8, 4) is 0 Å². The van der Waals surface area contributed by atoms with Gasteiger partial charge in [0.25, 0.3) is 0 Å². The van der Waals surface area contributed by atoms with Crippen LogP contribution in [0.3, 0.4) is 0 Å². The molecule has 1 saturated carbocycles. The van der Waals surface area contributed by atoms with Crippen LogP contribution in [0.25, 0.3) is 0 Å². The van der Waals surface area contributed by atoms with Gasteiger partial charge in [0, 0.05) is 4.47 Å². The molecule has 0 unspecified atom stereocenters. The number of nitrogens with two attached hydrogens (primary N) is 1. The third kappa shape index (κ3) is 2.41. The quantitative estimate of drug-likeness (QED) is 0.886. The Morgan fingerprint density at radius 3 is 2.67 bits per heavy atom. The van der Waals surface area contributed by atoms with Gasteiger partial charge in [-0.3, -0.25) is 0 Å². The minimum absolute atomic E-state index is 0.271. The lowest BCUT2D eigenvalue weighted by Crippen LogP contribution is -2.28. The summed E-state index contributed by atoms with van der Waals surface area (Å²) >= 11 is 3.49. The highest BCUT2D eigenvalue weighted by Crippen LogP contribution is 2.38. The van der Waals surface area contributed by atoms with Crippen molar-refractivity contribution < 1.29 is 5.11 Å². The van der Waals surface area contributed by atoms with Gasteiger partial charge in [-0.05, 0) is 42.9 Å². The van der Waals surface area contributed by atoms with Crippen LogP contribution < -0.4 is 5.73 Å². The fourth-order valence-electron chi connectivity index (χ4n) is 1.82. The van der Waals surface area contributed by atoms with Crippen LogP contribution in [-0.2, 0) is 0 Å². The third-order valence-electron chi connectivity index (χ3n) is 2.99. The second-order valence-electron chi connectivity index (χ2n) is 4.38. The van der Waals surface area contributed by atoms with Crippen LogP contribution in [0.15, 0.2) is 22.7 Å². The zero-order chi connectivity index (χ0) is 11.0. The molecule has 3 N–H and O–H groups in total. The second-order valence-corrected chi connectivity index (χ2v) is 5.23. The summed E-state index contributed by atoms with van der Waals surface area (Å²) in [5, 5.41) is 9.96. The fourth-order valence-corrected chi connectivity index (χ4v) is 2.58. The molecule has 0 bridgehead atoms. The van der Waals surface area contributed by atoms with Crippen molar-refractivity contribution in [1.82, 2.24) is 0 Å². The van der Waals surface area contributed by atoms with E-state index in [9.17, 15) is 5.11 Å². The van der Waals surface area contributed by atoms with Crippen LogP contribution in [-0.4, -0.2) is 11.2 Å². The molecule has 1 aromatic carbocycles. The molecule has 2 rings (SSSR count). The Labute approximate surface area is 98.6 Å². The van der Waals surface area contributed by atoms with Gasteiger partial charge >= 0.3 is 0 Å². The van der Waals surface area contributed by atoms with Crippen LogP contribution >= 0.6 is 15.9 Å². The minimum Gasteiger partial charge on any atom is -0.391 e. The molecule has 1 aliphatic rings. The zero-order valence-corrected chi connectivity index (χ0v) is 10.4. The summed E-state index contributed by atoms with van der Waals surface area (Å²) in [6.45, 7) is 2.04. The van der Waals surface area contributed by atoms with Crippen LogP contribution in [0.1, 0.15) is 30.0 Å². The van der Waals surface area contributed by atoms with Crippen molar-refractivity contribution in [2.24, 2.45) is 11.7 Å². The zero-order valence-electron chi connectivity index (χ0n) is 8.78. The summed E-state index contributed by atoms with van der Waals surface area (Å²) in [6, 6.07) is 5.79. The van der Waals surface area contributed by atoms with Crippen molar-refractivity contribution in [3.63, 3.8) is 0 Å². The highest BCUT2D eigenvalue weighted by atomic mass is 79.9. The third-order valence-corrected chi connectivity index (χ3v) is 3.67. The molecule has 0 saturated heterocycles. The van der Waals surface area contributed by atoms with Crippen molar-refractivity contribution in [2.45, 2.75) is 31.9 Å². The van der Waals surface area contributed by atoms with E-state index in [-0.39, 0.29) is 6.04 Å². The molecule has 0 spiro atoms. The van der Waals surface area contributed by atoms with Gasteiger partial charge in [-0.2, -0.15) is 0 Å². The van der Waals surface area contributed by atoms with E-state index in [1.54, 1.807) is 0 Å². The molecule has 0 amide bonds. The first-order valence-corrected chi connectivity index (χ1v) is 6.08. The highest BCUT2D eigenvalue weighted by Gasteiger charge is 2.34. The molecule has 0 heterocycles. The standard InChI is InChI=1S/C12H16BrNO/c1-7-2-5-9(10(13)6-7)11(14)12(15)8-3-4-8/h2,5-6,8,11-12,15H,3-4,14H2,1H3/t11-,12+/m0/s1. The van der Waals surface area contributed by atoms with Gasteiger partial charge in [-0.1, -0.05) is 28.1 Å². The smallest absolute Gasteiger partial charge is 0.0761 e. The second kappa shape index (κ2) is 4.24. The first-order valence-electron chi connectivity index (χ1n) is 5.29.